The Balaban J connectivity index is 2.43. The Hall–Kier alpha value is -2.36. The zero-order chi connectivity index (χ0) is 21.3. The summed E-state index contributed by atoms with van der Waals surface area (Å²) in [5.41, 5.74) is -1.66. The summed E-state index contributed by atoms with van der Waals surface area (Å²) in [7, 11) is 0. The van der Waals surface area contributed by atoms with Crippen LogP contribution in [0.15, 0.2) is 36.4 Å². The monoisotopic (exact) mass is 413 g/mol. The first kappa shape index (κ1) is 21.9. The molecule has 0 fully saturated rings. The van der Waals surface area contributed by atoms with Gasteiger partial charge in [-0.05, 0) is 36.8 Å². The summed E-state index contributed by atoms with van der Waals surface area (Å²) in [6.45, 7) is -0.250. The lowest BCUT2D eigenvalue weighted by Crippen LogP contribution is -2.41. The number of nitrogens with zero attached hydrogens (tertiary/aromatic N) is 1. The van der Waals surface area contributed by atoms with Crippen LogP contribution in [0.1, 0.15) is 16.7 Å². The van der Waals surface area contributed by atoms with Crippen LogP contribution in [0.5, 0.6) is 0 Å². The second kappa shape index (κ2) is 7.94. The van der Waals surface area contributed by atoms with Gasteiger partial charge in [0, 0.05) is 17.8 Å². The van der Waals surface area contributed by atoms with E-state index in [1.807, 2.05) is 0 Å². The van der Waals surface area contributed by atoms with Crippen molar-refractivity contribution in [2.24, 2.45) is 0 Å². The minimum Gasteiger partial charge on any atom is -0.382 e. The maximum Gasteiger partial charge on any atom is 0.416 e. The minimum atomic E-state index is -4.99. The average Bonchev–Trinajstić information content (AvgIpc) is 2.54. The summed E-state index contributed by atoms with van der Waals surface area (Å²) in [5, 5.41) is 9.35. The molecule has 0 saturated heterocycles. The van der Waals surface area contributed by atoms with Gasteiger partial charge in [-0.1, -0.05) is 12.1 Å². The maximum absolute atomic E-state index is 14.1. The van der Waals surface area contributed by atoms with Crippen LogP contribution < -0.4 is 4.90 Å². The van der Waals surface area contributed by atoms with Crippen LogP contribution in [0.25, 0.3) is 0 Å². The van der Waals surface area contributed by atoms with Gasteiger partial charge in [-0.2, -0.15) is 26.3 Å². The molecular weight excluding hydrogens is 398 g/mol. The summed E-state index contributed by atoms with van der Waals surface area (Å²) in [4.78, 5) is 0.847. The predicted octanol–water partition coefficient (Wildman–Crippen LogP) is 5.22. The Kier molecular flexibility index (Phi) is 6.22. The molecule has 0 aliphatic rings. The molecular formula is C18H15F8NO. The van der Waals surface area contributed by atoms with Crippen LogP contribution in [0.2, 0.25) is 0 Å². The topological polar surface area (TPSA) is 23.5 Å². The van der Waals surface area contributed by atoms with Gasteiger partial charge in [-0.25, -0.2) is 8.78 Å². The highest BCUT2D eigenvalue weighted by atomic mass is 19.4. The van der Waals surface area contributed by atoms with E-state index in [0.29, 0.717) is 5.56 Å². The molecule has 2 nitrogen and oxygen atoms in total. The number of aryl methyl sites for hydroxylation is 1. The Labute approximate surface area is 155 Å². The first-order valence-electron chi connectivity index (χ1n) is 7.90. The number of hydrogen-bond acceptors (Lipinski definition) is 2. The van der Waals surface area contributed by atoms with Gasteiger partial charge in [0.25, 0.3) is 0 Å². The largest absolute Gasteiger partial charge is 0.416 e. The first-order chi connectivity index (χ1) is 12.8. The fourth-order valence-corrected chi connectivity index (χ4v) is 2.51. The molecule has 0 bridgehead atoms. The predicted molar refractivity (Wildman–Crippen MR) is 85.7 cm³/mol. The fourth-order valence-electron chi connectivity index (χ4n) is 2.51. The second-order valence-corrected chi connectivity index (χ2v) is 6.19. The van der Waals surface area contributed by atoms with E-state index < -0.39 is 54.3 Å². The summed E-state index contributed by atoms with van der Waals surface area (Å²) in [6, 6.07) is 6.04. The van der Waals surface area contributed by atoms with Gasteiger partial charge in [0.2, 0.25) is 0 Å². The van der Waals surface area contributed by atoms with Crippen LogP contribution in [-0.2, 0) is 12.7 Å². The molecule has 2 rings (SSSR count). The summed E-state index contributed by atoms with van der Waals surface area (Å²) < 4.78 is 104. The summed E-state index contributed by atoms with van der Waals surface area (Å²) in [6.07, 6.45) is -12.8. The van der Waals surface area contributed by atoms with Crippen molar-refractivity contribution in [3.63, 3.8) is 0 Å². The zero-order valence-electron chi connectivity index (χ0n) is 14.4. The van der Waals surface area contributed by atoms with Crippen molar-refractivity contribution in [2.45, 2.75) is 31.9 Å². The molecule has 0 spiro atoms. The number of rotatable bonds is 5. The van der Waals surface area contributed by atoms with E-state index in [2.05, 4.69) is 0 Å². The number of hydrogen-bond donors (Lipinski definition) is 1. The average molecular weight is 413 g/mol. The third-order valence-electron chi connectivity index (χ3n) is 3.96. The Bertz CT molecular complexity index is 808. The molecule has 1 N–H and O–H groups in total. The van der Waals surface area contributed by atoms with Gasteiger partial charge < -0.3 is 10.0 Å². The molecule has 0 aliphatic carbocycles. The van der Waals surface area contributed by atoms with Gasteiger partial charge in [0.05, 0.1) is 12.1 Å². The molecule has 1 atom stereocenters. The smallest absolute Gasteiger partial charge is 0.382 e. The molecule has 0 aromatic heterocycles. The van der Waals surface area contributed by atoms with Gasteiger partial charge in [0.15, 0.2) is 6.10 Å². The molecule has 0 radical (unpaired) electrons. The number of alkyl halides is 6. The van der Waals surface area contributed by atoms with E-state index in [0.717, 1.165) is 4.90 Å². The molecule has 0 amide bonds. The van der Waals surface area contributed by atoms with E-state index in [4.69, 9.17) is 0 Å². The third-order valence-corrected chi connectivity index (χ3v) is 3.96. The van der Waals surface area contributed by atoms with Crippen LogP contribution in [0.3, 0.4) is 0 Å². The number of aliphatic hydroxyl groups excluding tert-OH is 1. The Morgan fingerprint density at radius 2 is 1.54 bits per heavy atom. The van der Waals surface area contributed by atoms with E-state index in [1.165, 1.54) is 18.2 Å². The standard InChI is InChI=1S/C18H15F8NO/c1-10-3-2-4-12(5-10)27(9-16(28)18(24,25)26)8-13-14(19)6-11(7-15(13)20)17(21,22)23/h2-7,16,28H,8-9H2,1H3. The van der Waals surface area contributed by atoms with Crippen molar-refractivity contribution in [2.75, 3.05) is 11.4 Å². The van der Waals surface area contributed by atoms with Crippen molar-refractivity contribution in [1.82, 2.24) is 0 Å². The molecule has 1 unspecified atom stereocenters. The zero-order valence-corrected chi connectivity index (χ0v) is 14.4. The molecule has 0 saturated carbocycles. The molecule has 10 heteroatoms. The quantitative estimate of drug-likeness (QED) is 0.680. The lowest BCUT2D eigenvalue weighted by Gasteiger charge is -2.29. The fraction of sp³-hybridized carbons (Fsp3) is 0.333. The highest BCUT2D eigenvalue weighted by Gasteiger charge is 2.39. The van der Waals surface area contributed by atoms with Crippen LogP contribution in [-0.4, -0.2) is 23.9 Å². The molecule has 0 aliphatic heterocycles. The highest BCUT2D eigenvalue weighted by Crippen LogP contribution is 2.32. The lowest BCUT2D eigenvalue weighted by molar-refractivity contribution is -0.200. The van der Waals surface area contributed by atoms with Gasteiger partial charge in [-0.3, -0.25) is 0 Å². The van der Waals surface area contributed by atoms with Crippen molar-refractivity contribution in [3.8, 4) is 0 Å². The van der Waals surface area contributed by atoms with Gasteiger partial charge in [-0.15, -0.1) is 0 Å². The Morgan fingerprint density at radius 3 is 2.00 bits per heavy atom. The van der Waals surface area contributed by atoms with Crippen molar-refractivity contribution in [1.29, 1.82) is 0 Å². The number of halogens is 8. The van der Waals surface area contributed by atoms with Crippen molar-refractivity contribution >= 4 is 5.69 Å². The third kappa shape index (κ3) is 5.34. The van der Waals surface area contributed by atoms with Crippen molar-refractivity contribution < 1.29 is 40.2 Å². The molecule has 154 valence electrons. The Morgan fingerprint density at radius 1 is 0.964 bits per heavy atom. The number of benzene rings is 2. The minimum absolute atomic E-state index is 0.0764. The van der Waals surface area contributed by atoms with E-state index >= 15 is 0 Å². The lowest BCUT2D eigenvalue weighted by atomic mass is 10.1. The first-order valence-corrected chi connectivity index (χ1v) is 7.90. The van der Waals surface area contributed by atoms with Gasteiger partial charge >= 0.3 is 12.4 Å². The second-order valence-electron chi connectivity index (χ2n) is 6.19. The van der Waals surface area contributed by atoms with E-state index in [9.17, 15) is 40.2 Å². The van der Waals surface area contributed by atoms with Crippen LogP contribution >= 0.6 is 0 Å². The number of aliphatic hydroxyl groups is 1. The van der Waals surface area contributed by atoms with Gasteiger partial charge in [0.1, 0.15) is 11.6 Å². The molecule has 2 aromatic carbocycles. The normalized spacial score (nSPS) is 13.5. The highest BCUT2D eigenvalue weighted by molar-refractivity contribution is 5.49. The SMILES string of the molecule is Cc1cccc(N(Cc2c(F)cc(C(F)(F)F)cc2F)CC(O)C(F)(F)F)c1. The van der Waals surface area contributed by atoms with E-state index in [-0.39, 0.29) is 17.8 Å². The van der Waals surface area contributed by atoms with Crippen LogP contribution in [0.4, 0.5) is 40.8 Å². The number of anilines is 1. The maximum atomic E-state index is 14.1. The molecule has 2 aromatic rings. The summed E-state index contributed by atoms with van der Waals surface area (Å²) in [5.74, 6) is -3.10. The molecule has 0 heterocycles. The molecule has 28 heavy (non-hydrogen) atoms. The summed E-state index contributed by atoms with van der Waals surface area (Å²) >= 11 is 0. The van der Waals surface area contributed by atoms with Crippen LogP contribution in [0, 0.1) is 18.6 Å². The van der Waals surface area contributed by atoms with E-state index in [1.54, 1.807) is 13.0 Å². The van der Waals surface area contributed by atoms with Crippen molar-refractivity contribution in [3.05, 3.63) is 64.7 Å².